The van der Waals surface area contributed by atoms with E-state index in [2.05, 4.69) is 25.8 Å². The predicted molar refractivity (Wildman–Crippen MR) is 61.8 cm³/mol. The first-order valence-corrected chi connectivity index (χ1v) is 6.36. The highest BCUT2D eigenvalue weighted by Crippen LogP contribution is 2.39. The van der Waals surface area contributed by atoms with Crippen molar-refractivity contribution in [1.82, 2.24) is 30.5 Å². The third-order valence-electron chi connectivity index (χ3n) is 3.52. The molecule has 0 radical (unpaired) electrons. The smallest absolute Gasteiger partial charge is 0.230 e. The van der Waals surface area contributed by atoms with Gasteiger partial charge in [0.1, 0.15) is 0 Å². The van der Waals surface area contributed by atoms with Gasteiger partial charge in [-0.05, 0) is 25.8 Å². The van der Waals surface area contributed by atoms with Gasteiger partial charge in [-0.1, -0.05) is 10.4 Å². The van der Waals surface area contributed by atoms with E-state index in [1.165, 1.54) is 0 Å². The molecule has 1 aliphatic carbocycles. The maximum absolute atomic E-state index is 5.23. The maximum Gasteiger partial charge on any atom is 0.230 e. The molecule has 1 saturated heterocycles. The van der Waals surface area contributed by atoms with Gasteiger partial charge in [0.25, 0.3) is 0 Å². The molecule has 2 aromatic rings. The average molecular weight is 246 g/mol. The van der Waals surface area contributed by atoms with Crippen LogP contribution in [0, 0.1) is 0 Å². The number of nitrogens with one attached hydrogen (secondary N) is 1. The summed E-state index contributed by atoms with van der Waals surface area (Å²) in [5.74, 6) is 1.76. The Hall–Kier alpha value is -1.76. The van der Waals surface area contributed by atoms with E-state index < -0.39 is 0 Å². The van der Waals surface area contributed by atoms with Crippen LogP contribution in [0.2, 0.25) is 0 Å². The molecule has 1 aliphatic heterocycles. The first-order valence-electron chi connectivity index (χ1n) is 6.36. The van der Waals surface area contributed by atoms with Crippen molar-refractivity contribution >= 4 is 0 Å². The van der Waals surface area contributed by atoms with Gasteiger partial charge in [-0.15, -0.1) is 5.10 Å². The zero-order valence-electron chi connectivity index (χ0n) is 9.91. The van der Waals surface area contributed by atoms with Gasteiger partial charge < -0.3 is 9.84 Å². The summed E-state index contributed by atoms with van der Waals surface area (Å²) in [4.78, 5) is 4.37. The molecule has 2 aromatic heterocycles. The molecular formula is C11H14N6O. The number of nitrogens with zero attached hydrogens (tertiary/aromatic N) is 5. The Balaban J connectivity index is 1.59. The van der Waals surface area contributed by atoms with Crippen LogP contribution in [0.25, 0.3) is 11.5 Å². The zero-order chi connectivity index (χ0) is 11.9. The van der Waals surface area contributed by atoms with Crippen molar-refractivity contribution in [2.75, 3.05) is 13.1 Å². The summed E-state index contributed by atoms with van der Waals surface area (Å²) in [6.45, 7) is 1.98. The topological polar surface area (TPSA) is 81.7 Å². The zero-order valence-corrected chi connectivity index (χ0v) is 9.91. The fourth-order valence-electron chi connectivity index (χ4n) is 2.26. The van der Waals surface area contributed by atoms with Crippen LogP contribution in [0.3, 0.4) is 0 Å². The Morgan fingerprint density at radius 2 is 2.28 bits per heavy atom. The second kappa shape index (κ2) is 3.88. The number of hydrogen-bond donors (Lipinski definition) is 1. The van der Waals surface area contributed by atoms with E-state index in [9.17, 15) is 0 Å². The van der Waals surface area contributed by atoms with Crippen molar-refractivity contribution in [3.63, 3.8) is 0 Å². The van der Waals surface area contributed by atoms with Gasteiger partial charge in [-0.25, -0.2) is 4.68 Å². The number of aromatic nitrogens is 5. The van der Waals surface area contributed by atoms with E-state index in [1.54, 1.807) is 0 Å². The highest BCUT2D eigenvalue weighted by molar-refractivity contribution is 5.45. The fraction of sp³-hybridized carbons (Fsp3) is 0.636. The lowest BCUT2D eigenvalue weighted by Crippen LogP contribution is -2.13. The fourth-order valence-corrected chi connectivity index (χ4v) is 2.26. The van der Waals surface area contributed by atoms with Gasteiger partial charge in [0.15, 0.2) is 5.69 Å². The summed E-state index contributed by atoms with van der Waals surface area (Å²) < 4.78 is 7.12. The molecule has 7 heteroatoms. The second-order valence-corrected chi connectivity index (χ2v) is 4.96. The Kier molecular flexibility index (Phi) is 2.19. The molecule has 94 valence electrons. The van der Waals surface area contributed by atoms with E-state index in [0.29, 0.717) is 23.5 Å². The van der Waals surface area contributed by atoms with Crippen molar-refractivity contribution in [2.45, 2.75) is 31.2 Å². The van der Waals surface area contributed by atoms with E-state index in [0.717, 1.165) is 38.2 Å². The predicted octanol–water partition coefficient (Wildman–Crippen LogP) is 0.740. The molecule has 4 rings (SSSR count). The minimum Gasteiger partial charge on any atom is -0.339 e. The summed E-state index contributed by atoms with van der Waals surface area (Å²) in [7, 11) is 0. The molecule has 2 aliphatic rings. The van der Waals surface area contributed by atoms with Crippen LogP contribution in [0.4, 0.5) is 0 Å². The summed E-state index contributed by atoms with van der Waals surface area (Å²) in [6.07, 6.45) is 5.30. The molecule has 2 fully saturated rings. The van der Waals surface area contributed by atoms with E-state index >= 15 is 0 Å². The van der Waals surface area contributed by atoms with E-state index in [1.807, 2.05) is 10.9 Å². The summed E-state index contributed by atoms with van der Waals surface area (Å²) in [5.41, 5.74) is 0.692. The van der Waals surface area contributed by atoms with Gasteiger partial charge in [-0.2, -0.15) is 4.98 Å². The highest BCUT2D eigenvalue weighted by Gasteiger charge is 2.30. The summed E-state index contributed by atoms with van der Waals surface area (Å²) in [5, 5.41) is 15.6. The van der Waals surface area contributed by atoms with Crippen LogP contribution >= 0.6 is 0 Å². The van der Waals surface area contributed by atoms with Crippen molar-refractivity contribution in [3.8, 4) is 11.5 Å². The van der Waals surface area contributed by atoms with Crippen LogP contribution in [-0.4, -0.2) is 38.2 Å². The molecule has 0 amide bonds. The van der Waals surface area contributed by atoms with Gasteiger partial charge >= 0.3 is 0 Å². The van der Waals surface area contributed by atoms with Crippen LogP contribution in [-0.2, 0) is 0 Å². The molecule has 7 nitrogen and oxygen atoms in total. The van der Waals surface area contributed by atoms with Gasteiger partial charge in [0, 0.05) is 12.5 Å². The summed E-state index contributed by atoms with van der Waals surface area (Å²) >= 11 is 0. The Bertz CT molecular complexity index is 551. The highest BCUT2D eigenvalue weighted by atomic mass is 16.5. The molecule has 0 aromatic carbocycles. The van der Waals surface area contributed by atoms with Gasteiger partial charge in [0.05, 0.1) is 12.2 Å². The Morgan fingerprint density at radius 1 is 1.33 bits per heavy atom. The maximum atomic E-state index is 5.23. The first-order chi connectivity index (χ1) is 8.90. The lowest BCUT2D eigenvalue weighted by atomic mass is 10.3. The van der Waals surface area contributed by atoms with Crippen LogP contribution in [0.15, 0.2) is 10.7 Å². The van der Waals surface area contributed by atoms with Crippen molar-refractivity contribution in [1.29, 1.82) is 0 Å². The van der Waals surface area contributed by atoms with Crippen molar-refractivity contribution < 1.29 is 4.52 Å². The molecule has 0 unspecified atom stereocenters. The normalized spacial score (nSPS) is 23.7. The van der Waals surface area contributed by atoms with Crippen molar-refractivity contribution in [2.24, 2.45) is 0 Å². The second-order valence-electron chi connectivity index (χ2n) is 4.96. The van der Waals surface area contributed by atoms with Crippen LogP contribution in [0.1, 0.15) is 37.1 Å². The standard InChI is InChI=1S/C11H14N6O/c1-2-7(1)11-13-10(15-18-11)9-6-17(16-14-9)8-3-4-12-5-8/h6-8,12H,1-5H2/t8-/m1/s1. The quantitative estimate of drug-likeness (QED) is 0.860. The monoisotopic (exact) mass is 246 g/mol. The average Bonchev–Trinajstić information content (AvgIpc) is 2.91. The molecule has 1 saturated carbocycles. The minimum absolute atomic E-state index is 0.390. The van der Waals surface area contributed by atoms with E-state index in [-0.39, 0.29) is 0 Å². The summed E-state index contributed by atoms with van der Waals surface area (Å²) in [6, 6.07) is 0.390. The third-order valence-corrected chi connectivity index (χ3v) is 3.52. The molecule has 18 heavy (non-hydrogen) atoms. The lowest BCUT2D eigenvalue weighted by molar-refractivity contribution is 0.380. The molecule has 3 heterocycles. The van der Waals surface area contributed by atoms with Crippen LogP contribution in [0.5, 0.6) is 0 Å². The third kappa shape index (κ3) is 1.71. The van der Waals surface area contributed by atoms with Crippen LogP contribution < -0.4 is 5.32 Å². The van der Waals surface area contributed by atoms with E-state index in [4.69, 9.17) is 4.52 Å². The van der Waals surface area contributed by atoms with Gasteiger partial charge in [0.2, 0.25) is 11.7 Å². The molecule has 1 atom stereocenters. The molecule has 0 bridgehead atoms. The SMILES string of the molecule is c1c(-c2noc(C3CC3)n2)nnn1[C@@H]1CCNC1. The number of rotatable bonds is 3. The molecule has 0 spiro atoms. The molecule has 1 N–H and O–H groups in total. The van der Waals surface area contributed by atoms with Gasteiger partial charge in [-0.3, -0.25) is 0 Å². The lowest BCUT2D eigenvalue weighted by Gasteiger charge is -2.05. The minimum atomic E-state index is 0.390. The Morgan fingerprint density at radius 3 is 3.06 bits per heavy atom. The largest absolute Gasteiger partial charge is 0.339 e. The Labute approximate surface area is 104 Å². The number of hydrogen-bond acceptors (Lipinski definition) is 6. The van der Waals surface area contributed by atoms with Crippen molar-refractivity contribution in [3.05, 3.63) is 12.1 Å². The molecular weight excluding hydrogens is 232 g/mol. The first kappa shape index (κ1) is 10.2.